The van der Waals surface area contributed by atoms with Gasteiger partial charge in [-0.2, -0.15) is 0 Å². The Balaban J connectivity index is 1.53. The maximum absolute atomic E-state index is 12.9. The molecule has 4 rings (SSSR count). The summed E-state index contributed by atoms with van der Waals surface area (Å²) in [6.45, 7) is 5.74. The molecule has 1 aromatic rings. The lowest BCUT2D eigenvalue weighted by Gasteiger charge is -2.30. The Bertz CT molecular complexity index is 1050. The molecule has 1 saturated carbocycles. The first-order valence-electron chi connectivity index (χ1n) is 11.6. The highest BCUT2D eigenvalue weighted by Gasteiger charge is 2.37. The van der Waals surface area contributed by atoms with Crippen molar-refractivity contribution in [1.82, 2.24) is 20.1 Å². The second-order valence-electron chi connectivity index (χ2n) is 8.79. The second-order valence-corrected chi connectivity index (χ2v) is 8.79. The third-order valence-corrected chi connectivity index (χ3v) is 6.20. The smallest absolute Gasteiger partial charge is 0.270 e. The molecule has 3 heterocycles. The molecule has 0 unspecified atom stereocenters. The summed E-state index contributed by atoms with van der Waals surface area (Å²) in [5.74, 6) is 1.48. The second kappa shape index (κ2) is 10.1. The zero-order valence-corrected chi connectivity index (χ0v) is 19.8. The van der Waals surface area contributed by atoms with Crippen molar-refractivity contribution in [2.45, 2.75) is 31.7 Å². The van der Waals surface area contributed by atoms with E-state index in [4.69, 9.17) is 10.7 Å². The van der Waals surface area contributed by atoms with E-state index in [2.05, 4.69) is 22.2 Å². The molecule has 0 bridgehead atoms. The molecule has 2 aliphatic heterocycles. The average molecular weight is 465 g/mol. The summed E-state index contributed by atoms with van der Waals surface area (Å²) in [6, 6.07) is 3.83. The van der Waals surface area contributed by atoms with Crippen molar-refractivity contribution in [3.05, 3.63) is 54.3 Å². The van der Waals surface area contributed by atoms with E-state index in [1.54, 1.807) is 42.2 Å². The first kappa shape index (κ1) is 23.5. The highest BCUT2D eigenvalue weighted by atomic mass is 16.2. The van der Waals surface area contributed by atoms with Gasteiger partial charge >= 0.3 is 0 Å². The molecule has 1 aliphatic carbocycles. The Hall–Kier alpha value is -3.66. The lowest BCUT2D eigenvalue weighted by molar-refractivity contribution is -0.126. The molecule has 4 N–H and O–H groups in total. The van der Waals surface area contributed by atoms with Crippen LogP contribution in [0.4, 0.5) is 11.5 Å². The van der Waals surface area contributed by atoms with Crippen molar-refractivity contribution in [2.75, 3.05) is 43.9 Å². The lowest BCUT2D eigenvalue weighted by atomic mass is 10.2. The van der Waals surface area contributed by atoms with Crippen LogP contribution in [0.3, 0.4) is 0 Å². The maximum Gasteiger partial charge on any atom is 0.270 e. The zero-order chi connectivity index (χ0) is 24.2. The summed E-state index contributed by atoms with van der Waals surface area (Å²) in [7, 11) is 3.47. The van der Waals surface area contributed by atoms with Gasteiger partial charge in [-0.1, -0.05) is 19.4 Å². The number of anilines is 2. The number of carbonyl (C=O) groups is 2. The molecule has 2 fully saturated rings. The molecule has 3 aliphatic rings. The number of nitrogens with zero attached hydrogens (tertiary/aromatic N) is 5. The molecule has 2 amide bonds. The van der Waals surface area contributed by atoms with Crippen molar-refractivity contribution in [3.63, 3.8) is 0 Å². The first-order valence-corrected chi connectivity index (χ1v) is 11.6. The Labute approximate surface area is 199 Å². The Morgan fingerprint density at radius 2 is 2.12 bits per heavy atom. The minimum atomic E-state index is -0.0882. The van der Waals surface area contributed by atoms with Crippen LogP contribution >= 0.6 is 0 Å². The van der Waals surface area contributed by atoms with Gasteiger partial charge in [0.1, 0.15) is 23.2 Å². The van der Waals surface area contributed by atoms with Gasteiger partial charge < -0.3 is 31.1 Å². The Morgan fingerprint density at radius 3 is 2.74 bits per heavy atom. The predicted octanol–water partition coefficient (Wildman–Crippen LogP) is 1.37. The standard InChI is InChI=1S/C24H32N8O2/c1-16(28-21-9-8-19(14-27-21)31-11-10-26-15-22(31)33)29-23-17(13-25)12-20(24(34)30(2)3)32(23)18-6-4-5-7-18/h8-9,12-14,18,26H,1,4-7,10-11,15,25H2,2-3H3,(H,27,28)/b17-13-,29-23+. The molecule has 1 saturated heterocycles. The number of nitrogens with two attached hydrogens (primary N) is 1. The summed E-state index contributed by atoms with van der Waals surface area (Å²) in [6.07, 6.45) is 9.14. The van der Waals surface area contributed by atoms with Crippen LogP contribution in [-0.4, -0.2) is 72.2 Å². The fourth-order valence-corrected chi connectivity index (χ4v) is 4.50. The fourth-order valence-electron chi connectivity index (χ4n) is 4.50. The fraction of sp³-hybridized carbons (Fsp3) is 0.417. The predicted molar refractivity (Wildman–Crippen MR) is 133 cm³/mol. The van der Waals surface area contributed by atoms with Crippen LogP contribution in [0.5, 0.6) is 0 Å². The lowest BCUT2D eigenvalue weighted by Crippen LogP contribution is -2.48. The van der Waals surface area contributed by atoms with Gasteiger partial charge in [0, 0.05) is 45.0 Å². The van der Waals surface area contributed by atoms with Gasteiger partial charge in [-0.15, -0.1) is 0 Å². The molecular formula is C24H32N8O2. The number of likely N-dealkylation sites (N-methyl/N-ethyl adjacent to an activating group) is 1. The van der Waals surface area contributed by atoms with Crippen molar-refractivity contribution in [1.29, 1.82) is 0 Å². The quantitative estimate of drug-likeness (QED) is 0.582. The number of aliphatic imine (C=N–C) groups is 1. The van der Waals surface area contributed by atoms with Crippen molar-refractivity contribution in [2.24, 2.45) is 10.7 Å². The van der Waals surface area contributed by atoms with Gasteiger partial charge in [-0.25, -0.2) is 9.98 Å². The van der Waals surface area contributed by atoms with Crippen molar-refractivity contribution in [3.8, 4) is 0 Å². The molecule has 0 radical (unpaired) electrons. The molecule has 180 valence electrons. The van der Waals surface area contributed by atoms with Crippen molar-refractivity contribution < 1.29 is 9.59 Å². The van der Waals surface area contributed by atoms with Crippen LogP contribution < -0.4 is 21.3 Å². The number of aromatic nitrogens is 1. The van der Waals surface area contributed by atoms with E-state index in [-0.39, 0.29) is 17.9 Å². The minimum absolute atomic E-state index is 0.0227. The number of pyridine rings is 1. The molecule has 10 heteroatoms. The normalized spacial score (nSPS) is 21.4. The molecular weight excluding hydrogens is 432 g/mol. The van der Waals surface area contributed by atoms with E-state index < -0.39 is 0 Å². The number of rotatable bonds is 6. The molecule has 0 atom stereocenters. The van der Waals surface area contributed by atoms with Crippen LogP contribution in [0, 0.1) is 0 Å². The third-order valence-electron chi connectivity index (χ3n) is 6.20. The van der Waals surface area contributed by atoms with E-state index in [0.29, 0.717) is 41.8 Å². The number of hydrogen-bond acceptors (Lipinski definition) is 7. The molecule has 34 heavy (non-hydrogen) atoms. The summed E-state index contributed by atoms with van der Waals surface area (Å²) in [4.78, 5) is 39.4. The SMILES string of the molecule is C=C(/N=C1\C(=C/N)C=C(C(=O)N(C)C)N1C1CCCC1)Nc1ccc(N2CCNCC2=O)cn1. The average Bonchev–Trinajstić information content (AvgIpc) is 3.47. The van der Waals surface area contributed by atoms with E-state index in [1.165, 1.54) is 6.20 Å². The van der Waals surface area contributed by atoms with Crippen LogP contribution in [0.15, 0.2) is 59.3 Å². The van der Waals surface area contributed by atoms with Crippen LogP contribution in [-0.2, 0) is 9.59 Å². The summed E-state index contributed by atoms with van der Waals surface area (Å²) >= 11 is 0. The van der Waals surface area contributed by atoms with E-state index >= 15 is 0 Å². The van der Waals surface area contributed by atoms with E-state index in [1.807, 2.05) is 11.0 Å². The highest BCUT2D eigenvalue weighted by Crippen LogP contribution is 2.34. The monoisotopic (exact) mass is 464 g/mol. The van der Waals surface area contributed by atoms with Gasteiger partial charge in [0.15, 0.2) is 0 Å². The van der Waals surface area contributed by atoms with Gasteiger partial charge in [-0.05, 0) is 31.1 Å². The molecule has 10 nitrogen and oxygen atoms in total. The summed E-state index contributed by atoms with van der Waals surface area (Å²) in [5.41, 5.74) is 7.92. The number of hydrogen-bond donors (Lipinski definition) is 3. The van der Waals surface area contributed by atoms with Gasteiger partial charge in [0.05, 0.1) is 18.4 Å². The molecule has 0 spiro atoms. The number of amidine groups is 1. The van der Waals surface area contributed by atoms with Crippen LogP contribution in [0.2, 0.25) is 0 Å². The summed E-state index contributed by atoms with van der Waals surface area (Å²) < 4.78 is 0. The van der Waals surface area contributed by atoms with E-state index in [0.717, 1.165) is 37.9 Å². The van der Waals surface area contributed by atoms with E-state index in [9.17, 15) is 9.59 Å². The zero-order valence-electron chi connectivity index (χ0n) is 19.8. The number of piperazine rings is 1. The molecule has 1 aromatic heterocycles. The first-order chi connectivity index (χ1) is 16.4. The van der Waals surface area contributed by atoms with Crippen LogP contribution in [0.25, 0.3) is 0 Å². The topological polar surface area (TPSA) is 119 Å². The maximum atomic E-state index is 12.9. The van der Waals surface area contributed by atoms with Crippen LogP contribution in [0.1, 0.15) is 25.7 Å². The van der Waals surface area contributed by atoms with Gasteiger partial charge in [-0.3, -0.25) is 9.59 Å². The number of carbonyl (C=O) groups excluding carboxylic acids is 2. The minimum Gasteiger partial charge on any atom is -0.404 e. The number of nitrogens with one attached hydrogen (secondary N) is 2. The van der Waals surface area contributed by atoms with Crippen molar-refractivity contribution >= 4 is 29.2 Å². The summed E-state index contributed by atoms with van der Waals surface area (Å²) in [5, 5.41) is 6.17. The Morgan fingerprint density at radius 1 is 1.35 bits per heavy atom. The number of amides is 2. The Kier molecular flexibility index (Phi) is 6.97. The third kappa shape index (κ3) is 4.81. The van der Waals surface area contributed by atoms with Gasteiger partial charge in [0.25, 0.3) is 5.91 Å². The van der Waals surface area contributed by atoms with Gasteiger partial charge in [0.2, 0.25) is 5.91 Å². The largest absolute Gasteiger partial charge is 0.404 e. The molecule has 0 aromatic carbocycles. The highest BCUT2D eigenvalue weighted by molar-refractivity contribution is 6.12.